The Morgan fingerprint density at radius 2 is 2.11 bits per heavy atom. The summed E-state index contributed by atoms with van der Waals surface area (Å²) in [5, 5.41) is 16.5. The summed E-state index contributed by atoms with van der Waals surface area (Å²) in [5.41, 5.74) is -0.667. The summed E-state index contributed by atoms with van der Waals surface area (Å²) >= 11 is 0. The van der Waals surface area contributed by atoms with Crippen molar-refractivity contribution in [3.8, 4) is 0 Å². The Morgan fingerprint density at radius 1 is 1.39 bits per heavy atom. The van der Waals surface area contributed by atoms with Crippen LogP contribution >= 0.6 is 0 Å². The zero-order valence-electron chi connectivity index (χ0n) is 11.4. The van der Waals surface area contributed by atoms with Gasteiger partial charge in [0.15, 0.2) is 0 Å². The predicted molar refractivity (Wildman–Crippen MR) is 71.2 cm³/mol. The third kappa shape index (κ3) is 3.45. The molecule has 1 atom stereocenters. The maximum Gasteiger partial charge on any atom is 0.237 e. The molecule has 4 heteroatoms. The Hall–Kier alpha value is -0.610. The number of aliphatic hydroxyl groups is 1. The highest BCUT2D eigenvalue weighted by molar-refractivity contribution is 5.82. The molecule has 1 heterocycles. The van der Waals surface area contributed by atoms with Crippen LogP contribution in [0.15, 0.2) is 0 Å². The third-order valence-electron chi connectivity index (χ3n) is 4.58. The first-order valence-corrected chi connectivity index (χ1v) is 7.36. The molecule has 2 rings (SSSR count). The Bertz CT molecular complexity index is 280. The SMILES string of the molecule is CCC1CCC(O)(CNC(=O)[C@H]2CCCN2)CC1. The van der Waals surface area contributed by atoms with Gasteiger partial charge in [0.1, 0.15) is 0 Å². The number of carbonyl (C=O) groups excluding carboxylic acids is 1. The van der Waals surface area contributed by atoms with Crippen molar-refractivity contribution in [3.05, 3.63) is 0 Å². The Balaban J connectivity index is 1.73. The molecule has 4 nitrogen and oxygen atoms in total. The lowest BCUT2D eigenvalue weighted by Gasteiger charge is -2.36. The van der Waals surface area contributed by atoms with E-state index in [4.69, 9.17) is 0 Å². The van der Waals surface area contributed by atoms with Crippen LogP contribution < -0.4 is 10.6 Å². The molecule has 2 aliphatic rings. The van der Waals surface area contributed by atoms with Gasteiger partial charge in [0.05, 0.1) is 11.6 Å². The van der Waals surface area contributed by atoms with Gasteiger partial charge < -0.3 is 15.7 Å². The van der Waals surface area contributed by atoms with E-state index in [-0.39, 0.29) is 11.9 Å². The Kier molecular flexibility index (Phi) is 4.62. The van der Waals surface area contributed by atoms with E-state index in [1.165, 1.54) is 6.42 Å². The van der Waals surface area contributed by atoms with Crippen molar-refractivity contribution in [3.63, 3.8) is 0 Å². The average molecular weight is 254 g/mol. The number of carbonyl (C=O) groups is 1. The maximum absolute atomic E-state index is 11.9. The molecule has 0 aromatic carbocycles. The molecule has 0 aromatic rings. The van der Waals surface area contributed by atoms with E-state index in [0.29, 0.717) is 6.54 Å². The minimum Gasteiger partial charge on any atom is -0.388 e. The van der Waals surface area contributed by atoms with Crippen LogP contribution in [0.25, 0.3) is 0 Å². The molecular formula is C14H26N2O2. The van der Waals surface area contributed by atoms with Gasteiger partial charge in [0.25, 0.3) is 0 Å². The molecule has 3 N–H and O–H groups in total. The normalized spacial score (nSPS) is 36.6. The van der Waals surface area contributed by atoms with Crippen molar-refractivity contribution in [2.24, 2.45) is 5.92 Å². The molecule has 104 valence electrons. The summed E-state index contributed by atoms with van der Waals surface area (Å²) in [6.07, 6.45) is 7.01. The van der Waals surface area contributed by atoms with Gasteiger partial charge in [0, 0.05) is 6.54 Å². The molecular weight excluding hydrogens is 228 g/mol. The van der Waals surface area contributed by atoms with Crippen LogP contribution in [0.3, 0.4) is 0 Å². The second-order valence-corrected chi connectivity index (χ2v) is 5.94. The summed E-state index contributed by atoms with van der Waals surface area (Å²) in [7, 11) is 0. The standard InChI is InChI=1S/C14H26N2O2/c1-2-11-5-7-14(18,8-6-11)10-16-13(17)12-4-3-9-15-12/h11-12,15,18H,2-10H2,1H3,(H,16,17)/t11?,12-,14?/m1/s1. The van der Waals surface area contributed by atoms with Crippen molar-refractivity contribution in [1.29, 1.82) is 0 Å². The Labute approximate surface area is 110 Å². The number of rotatable bonds is 4. The molecule has 0 bridgehead atoms. The highest BCUT2D eigenvalue weighted by Crippen LogP contribution is 2.33. The van der Waals surface area contributed by atoms with Crippen molar-refractivity contribution in [2.75, 3.05) is 13.1 Å². The van der Waals surface area contributed by atoms with Gasteiger partial charge in [-0.3, -0.25) is 4.79 Å². The molecule has 1 saturated heterocycles. The van der Waals surface area contributed by atoms with E-state index in [0.717, 1.165) is 51.0 Å². The highest BCUT2D eigenvalue weighted by atomic mass is 16.3. The van der Waals surface area contributed by atoms with Crippen LogP contribution in [0.1, 0.15) is 51.9 Å². The topological polar surface area (TPSA) is 61.4 Å². The van der Waals surface area contributed by atoms with Crippen molar-refractivity contribution < 1.29 is 9.90 Å². The molecule has 18 heavy (non-hydrogen) atoms. The summed E-state index contributed by atoms with van der Waals surface area (Å²) in [6.45, 7) is 3.56. The van der Waals surface area contributed by atoms with Gasteiger partial charge in [-0.2, -0.15) is 0 Å². The predicted octanol–water partition coefficient (Wildman–Crippen LogP) is 1.19. The quantitative estimate of drug-likeness (QED) is 0.706. The van der Waals surface area contributed by atoms with Crippen LogP contribution in [0, 0.1) is 5.92 Å². The maximum atomic E-state index is 11.9. The minimum absolute atomic E-state index is 0.0411. The van der Waals surface area contributed by atoms with E-state index < -0.39 is 5.60 Å². The van der Waals surface area contributed by atoms with E-state index in [1.54, 1.807) is 0 Å². The van der Waals surface area contributed by atoms with Crippen LogP contribution in [0.5, 0.6) is 0 Å². The smallest absolute Gasteiger partial charge is 0.237 e. The highest BCUT2D eigenvalue weighted by Gasteiger charge is 2.33. The fourth-order valence-corrected chi connectivity index (χ4v) is 3.08. The summed E-state index contributed by atoms with van der Waals surface area (Å²) < 4.78 is 0. The zero-order valence-corrected chi connectivity index (χ0v) is 11.4. The van der Waals surface area contributed by atoms with E-state index in [2.05, 4.69) is 17.6 Å². The van der Waals surface area contributed by atoms with E-state index in [9.17, 15) is 9.90 Å². The van der Waals surface area contributed by atoms with Gasteiger partial charge >= 0.3 is 0 Å². The van der Waals surface area contributed by atoms with Crippen LogP contribution in [-0.4, -0.2) is 35.7 Å². The van der Waals surface area contributed by atoms with Crippen molar-refractivity contribution in [1.82, 2.24) is 10.6 Å². The number of hydrogen-bond acceptors (Lipinski definition) is 3. The van der Waals surface area contributed by atoms with Gasteiger partial charge in [-0.25, -0.2) is 0 Å². The van der Waals surface area contributed by atoms with Crippen LogP contribution in [-0.2, 0) is 4.79 Å². The second-order valence-electron chi connectivity index (χ2n) is 5.94. The van der Waals surface area contributed by atoms with Gasteiger partial charge in [-0.1, -0.05) is 13.3 Å². The van der Waals surface area contributed by atoms with Crippen LogP contribution in [0.4, 0.5) is 0 Å². The van der Waals surface area contributed by atoms with Gasteiger partial charge in [0.2, 0.25) is 5.91 Å². The van der Waals surface area contributed by atoms with Crippen molar-refractivity contribution in [2.45, 2.75) is 63.5 Å². The molecule has 0 radical (unpaired) electrons. The fourth-order valence-electron chi connectivity index (χ4n) is 3.08. The lowest BCUT2D eigenvalue weighted by atomic mass is 9.78. The summed E-state index contributed by atoms with van der Waals surface area (Å²) in [4.78, 5) is 11.9. The van der Waals surface area contributed by atoms with Gasteiger partial charge in [-0.05, 0) is 51.0 Å². The second kappa shape index (κ2) is 6.02. The minimum atomic E-state index is -0.667. The monoisotopic (exact) mass is 254 g/mol. The molecule has 1 saturated carbocycles. The van der Waals surface area contributed by atoms with Gasteiger partial charge in [-0.15, -0.1) is 0 Å². The fraction of sp³-hybridized carbons (Fsp3) is 0.929. The number of hydrogen-bond donors (Lipinski definition) is 3. The number of amides is 1. The van der Waals surface area contributed by atoms with Crippen LogP contribution in [0.2, 0.25) is 0 Å². The lowest BCUT2D eigenvalue weighted by molar-refractivity contribution is -0.124. The third-order valence-corrected chi connectivity index (χ3v) is 4.58. The largest absolute Gasteiger partial charge is 0.388 e. The lowest BCUT2D eigenvalue weighted by Crippen LogP contribution is -2.49. The molecule has 0 aromatic heterocycles. The Morgan fingerprint density at radius 3 is 2.67 bits per heavy atom. The molecule has 1 aliphatic carbocycles. The zero-order chi connectivity index (χ0) is 13.0. The number of nitrogens with one attached hydrogen (secondary N) is 2. The first kappa shape index (κ1) is 13.8. The molecule has 1 amide bonds. The summed E-state index contributed by atoms with van der Waals surface area (Å²) in [6, 6.07) is -0.0411. The average Bonchev–Trinajstić information content (AvgIpc) is 2.91. The first-order chi connectivity index (χ1) is 8.63. The summed E-state index contributed by atoms with van der Waals surface area (Å²) in [5.74, 6) is 0.816. The van der Waals surface area contributed by atoms with Crippen molar-refractivity contribution >= 4 is 5.91 Å². The molecule has 0 spiro atoms. The first-order valence-electron chi connectivity index (χ1n) is 7.36. The molecule has 0 unspecified atom stereocenters. The van der Waals surface area contributed by atoms with E-state index >= 15 is 0 Å². The molecule has 1 aliphatic heterocycles. The molecule has 2 fully saturated rings. The van der Waals surface area contributed by atoms with E-state index in [1.807, 2.05) is 0 Å².